The summed E-state index contributed by atoms with van der Waals surface area (Å²) in [5, 5.41) is 13.9. The van der Waals surface area contributed by atoms with E-state index in [9.17, 15) is 14.7 Å². The predicted molar refractivity (Wildman–Crippen MR) is 127 cm³/mol. The molecule has 1 amide bonds. The zero-order chi connectivity index (χ0) is 22.7. The summed E-state index contributed by atoms with van der Waals surface area (Å²) in [6.45, 7) is 1.15. The fraction of sp³-hybridized carbons (Fsp3) is 0.625. The number of hydrogen-bond donors (Lipinski definition) is 2. The summed E-state index contributed by atoms with van der Waals surface area (Å²) in [4.78, 5) is 30.8. The van der Waals surface area contributed by atoms with E-state index in [-0.39, 0.29) is 12.5 Å². The summed E-state index contributed by atoms with van der Waals surface area (Å²) in [5.74, 6) is -1.10. The number of nitrogens with zero attached hydrogens (tertiary/aromatic N) is 3. The number of hydrogen-bond acceptors (Lipinski definition) is 4. The fourth-order valence-corrected chi connectivity index (χ4v) is 5.88. The van der Waals surface area contributed by atoms with Crippen LogP contribution in [0.15, 0.2) is 30.3 Å². The summed E-state index contributed by atoms with van der Waals surface area (Å²) in [6.07, 6.45) is 8.11. The molecular formula is C24H34N4O3S. The molecule has 0 bridgehead atoms. The lowest BCUT2D eigenvalue weighted by Crippen LogP contribution is -2.61. The molecule has 0 radical (unpaired) electrons. The van der Waals surface area contributed by atoms with Crippen molar-refractivity contribution in [2.24, 2.45) is 0 Å². The first-order valence-electron chi connectivity index (χ1n) is 11.8. The van der Waals surface area contributed by atoms with Gasteiger partial charge in [0.1, 0.15) is 6.54 Å². The van der Waals surface area contributed by atoms with Crippen LogP contribution in [0, 0.1) is 0 Å². The predicted octanol–water partition coefficient (Wildman–Crippen LogP) is 2.46. The van der Waals surface area contributed by atoms with Crippen molar-refractivity contribution in [3.8, 4) is 0 Å². The average Bonchev–Trinajstić information content (AvgIpc) is 3.05. The largest absolute Gasteiger partial charge is 0.480 e. The van der Waals surface area contributed by atoms with Gasteiger partial charge < -0.3 is 19.8 Å². The highest BCUT2D eigenvalue weighted by atomic mass is 32.1. The molecule has 4 rings (SSSR count). The van der Waals surface area contributed by atoms with E-state index in [0.29, 0.717) is 38.4 Å². The van der Waals surface area contributed by atoms with Crippen LogP contribution in [-0.4, -0.2) is 81.2 Å². The van der Waals surface area contributed by atoms with Crippen molar-refractivity contribution in [3.63, 3.8) is 0 Å². The molecule has 32 heavy (non-hydrogen) atoms. The quantitative estimate of drug-likeness (QED) is 0.657. The van der Waals surface area contributed by atoms with Crippen molar-refractivity contribution < 1.29 is 14.7 Å². The summed E-state index contributed by atoms with van der Waals surface area (Å²) < 4.78 is 0. The SMILES string of the molecule is CN(C(=S)N1CCC2(CC1)NC(Cc1ccccc1)C(=O)N2CC(=O)O)C1CCCCC1. The Bertz CT molecular complexity index is 835. The van der Waals surface area contributed by atoms with Gasteiger partial charge in [0.15, 0.2) is 5.11 Å². The molecule has 1 unspecified atom stereocenters. The van der Waals surface area contributed by atoms with E-state index in [4.69, 9.17) is 12.2 Å². The van der Waals surface area contributed by atoms with Gasteiger partial charge in [-0.25, -0.2) is 0 Å². The highest BCUT2D eigenvalue weighted by Gasteiger charge is 2.52. The Labute approximate surface area is 195 Å². The number of amides is 1. The van der Waals surface area contributed by atoms with E-state index in [0.717, 1.165) is 10.7 Å². The number of carbonyl (C=O) groups excluding carboxylic acids is 1. The second-order valence-corrected chi connectivity index (χ2v) is 9.77. The van der Waals surface area contributed by atoms with Gasteiger partial charge in [-0.2, -0.15) is 0 Å². The van der Waals surface area contributed by atoms with E-state index < -0.39 is 17.7 Å². The van der Waals surface area contributed by atoms with Gasteiger partial charge in [-0.1, -0.05) is 49.6 Å². The molecule has 7 nitrogen and oxygen atoms in total. The maximum Gasteiger partial charge on any atom is 0.323 e. The van der Waals surface area contributed by atoms with Crippen LogP contribution < -0.4 is 5.32 Å². The van der Waals surface area contributed by atoms with Crippen LogP contribution in [0.4, 0.5) is 0 Å². The summed E-state index contributed by atoms with van der Waals surface area (Å²) in [6, 6.07) is 9.99. The standard InChI is InChI=1S/C24H34N4O3S/c1-26(19-10-6-3-7-11-19)23(32)27-14-12-24(13-15-27)25-20(16-18-8-4-2-5-9-18)22(31)28(24)17-21(29)30/h2,4-5,8-9,19-20,25H,3,6-7,10-17H2,1H3,(H,29,30). The van der Waals surface area contributed by atoms with Crippen LogP contribution >= 0.6 is 12.2 Å². The monoisotopic (exact) mass is 458 g/mol. The van der Waals surface area contributed by atoms with Crippen LogP contribution in [0.1, 0.15) is 50.5 Å². The number of piperidine rings is 1. The van der Waals surface area contributed by atoms with E-state index >= 15 is 0 Å². The van der Waals surface area contributed by atoms with E-state index in [1.54, 1.807) is 4.90 Å². The van der Waals surface area contributed by atoms with Gasteiger partial charge in [0, 0.05) is 39.0 Å². The topological polar surface area (TPSA) is 76.1 Å². The first kappa shape index (κ1) is 23.0. The molecule has 1 aromatic rings. The molecule has 1 aromatic carbocycles. The summed E-state index contributed by atoms with van der Waals surface area (Å²) in [5.41, 5.74) is 0.447. The highest BCUT2D eigenvalue weighted by Crippen LogP contribution is 2.34. The number of likely N-dealkylation sites (tertiary alicyclic amines) is 1. The average molecular weight is 459 g/mol. The van der Waals surface area contributed by atoms with Gasteiger partial charge in [-0.05, 0) is 37.0 Å². The second-order valence-electron chi connectivity index (χ2n) is 9.41. The molecule has 174 valence electrons. The molecule has 2 aliphatic heterocycles. The first-order chi connectivity index (χ1) is 15.4. The van der Waals surface area contributed by atoms with Crippen LogP contribution in [0.25, 0.3) is 0 Å². The fourth-order valence-electron chi connectivity index (χ4n) is 5.55. The zero-order valence-corrected chi connectivity index (χ0v) is 19.6. The number of benzene rings is 1. The van der Waals surface area contributed by atoms with Gasteiger partial charge in [0.2, 0.25) is 5.91 Å². The van der Waals surface area contributed by atoms with Gasteiger partial charge in [0.25, 0.3) is 0 Å². The van der Waals surface area contributed by atoms with Crippen molar-refractivity contribution in [2.45, 2.75) is 69.1 Å². The number of nitrogens with one attached hydrogen (secondary N) is 1. The molecule has 3 fully saturated rings. The molecule has 2 N–H and O–H groups in total. The van der Waals surface area contributed by atoms with E-state index in [1.807, 2.05) is 30.3 Å². The molecule has 1 aliphatic carbocycles. The minimum Gasteiger partial charge on any atom is -0.480 e. The number of aliphatic carboxylic acids is 1. The lowest BCUT2D eigenvalue weighted by molar-refractivity contribution is -0.147. The number of rotatable bonds is 5. The maximum absolute atomic E-state index is 13.2. The lowest BCUT2D eigenvalue weighted by atomic mass is 9.94. The van der Waals surface area contributed by atoms with Crippen LogP contribution in [0.2, 0.25) is 0 Å². The lowest BCUT2D eigenvalue weighted by Gasteiger charge is -2.46. The molecule has 1 saturated carbocycles. The minimum absolute atomic E-state index is 0.119. The smallest absolute Gasteiger partial charge is 0.323 e. The van der Waals surface area contributed by atoms with Crippen molar-refractivity contribution in [1.29, 1.82) is 0 Å². The number of carboxylic acid groups (broad SMARTS) is 1. The number of carboxylic acids is 1. The van der Waals surface area contributed by atoms with Gasteiger partial charge in [-0.3, -0.25) is 14.9 Å². The van der Waals surface area contributed by atoms with Crippen molar-refractivity contribution >= 4 is 29.2 Å². The Morgan fingerprint density at radius 3 is 2.47 bits per heavy atom. The molecule has 1 spiro atoms. The molecule has 0 aromatic heterocycles. The van der Waals surface area contributed by atoms with E-state index in [1.165, 1.54) is 32.1 Å². The molecule has 1 atom stereocenters. The maximum atomic E-state index is 13.2. The normalized spacial score (nSPS) is 23.5. The van der Waals surface area contributed by atoms with Gasteiger partial charge in [-0.15, -0.1) is 0 Å². The van der Waals surface area contributed by atoms with Crippen molar-refractivity contribution in [2.75, 3.05) is 26.7 Å². The van der Waals surface area contributed by atoms with E-state index in [2.05, 4.69) is 22.2 Å². The molecular weight excluding hydrogens is 424 g/mol. The first-order valence-corrected chi connectivity index (χ1v) is 12.2. The Morgan fingerprint density at radius 2 is 1.84 bits per heavy atom. The number of carbonyl (C=O) groups is 2. The third kappa shape index (κ3) is 4.76. The highest BCUT2D eigenvalue weighted by molar-refractivity contribution is 7.80. The Balaban J connectivity index is 1.44. The summed E-state index contributed by atoms with van der Waals surface area (Å²) in [7, 11) is 2.10. The van der Waals surface area contributed by atoms with Crippen LogP contribution in [0.5, 0.6) is 0 Å². The Kier molecular flexibility index (Phi) is 7.00. The number of thiocarbonyl (C=S) groups is 1. The van der Waals surface area contributed by atoms with Crippen LogP contribution in [0.3, 0.4) is 0 Å². The molecule has 8 heteroatoms. The third-order valence-electron chi connectivity index (χ3n) is 7.39. The minimum atomic E-state index is -0.977. The van der Waals surface area contributed by atoms with Crippen LogP contribution in [-0.2, 0) is 16.0 Å². The second kappa shape index (κ2) is 9.75. The summed E-state index contributed by atoms with van der Waals surface area (Å²) >= 11 is 5.83. The Morgan fingerprint density at radius 1 is 1.19 bits per heavy atom. The molecule has 3 aliphatic rings. The van der Waals surface area contributed by atoms with Crippen molar-refractivity contribution in [1.82, 2.24) is 20.0 Å². The third-order valence-corrected chi connectivity index (χ3v) is 7.93. The Hall–Kier alpha value is -2.19. The van der Waals surface area contributed by atoms with Gasteiger partial charge in [0.05, 0.1) is 11.7 Å². The molecule has 2 heterocycles. The van der Waals surface area contributed by atoms with Crippen molar-refractivity contribution in [3.05, 3.63) is 35.9 Å². The zero-order valence-electron chi connectivity index (χ0n) is 18.8. The van der Waals surface area contributed by atoms with Gasteiger partial charge >= 0.3 is 5.97 Å². The molecule has 2 saturated heterocycles.